The minimum absolute atomic E-state index is 0.0319. The number of piperidine rings is 1. The number of aromatic amines is 1. The number of aryl methyl sites for hydroxylation is 1. The molecule has 1 amide bonds. The molecule has 1 N–H and O–H groups in total. The van der Waals surface area contributed by atoms with E-state index in [0.29, 0.717) is 17.4 Å². The van der Waals surface area contributed by atoms with Crippen molar-refractivity contribution in [1.82, 2.24) is 15.2 Å². The molecule has 138 valence electrons. The number of fused-ring (bicyclic) bond motifs is 1. The Morgan fingerprint density at radius 1 is 1.25 bits per heavy atom. The van der Waals surface area contributed by atoms with Gasteiger partial charge in [0.25, 0.3) is 0 Å². The standard InChI is InChI=1S/C22H19N5O/c1-13-2-4-14(5-3-13)8-18-17-9-20(17)27(22(18)28)21-10-19(25-26-21)15-6-7-16(11-23)24-12-15/h2-7,10,12,17-18,20H,8-9H2,1H3,(H,25,26). The van der Waals surface area contributed by atoms with Crippen LogP contribution in [0, 0.1) is 30.1 Å². The van der Waals surface area contributed by atoms with E-state index in [4.69, 9.17) is 5.26 Å². The number of anilines is 1. The smallest absolute Gasteiger partial charge is 0.232 e. The first-order chi connectivity index (χ1) is 13.6. The highest BCUT2D eigenvalue weighted by Crippen LogP contribution is 2.51. The lowest BCUT2D eigenvalue weighted by Gasteiger charge is -2.18. The molecule has 0 bridgehead atoms. The van der Waals surface area contributed by atoms with Crippen LogP contribution in [-0.2, 0) is 11.2 Å². The molecule has 1 saturated carbocycles. The van der Waals surface area contributed by atoms with Crippen molar-refractivity contribution in [1.29, 1.82) is 5.26 Å². The predicted molar refractivity (Wildman–Crippen MR) is 104 cm³/mol. The number of benzene rings is 1. The van der Waals surface area contributed by atoms with Crippen LogP contribution in [-0.4, -0.2) is 27.1 Å². The Morgan fingerprint density at radius 3 is 2.79 bits per heavy atom. The number of amides is 1. The van der Waals surface area contributed by atoms with E-state index in [9.17, 15) is 4.79 Å². The second-order valence-corrected chi connectivity index (χ2v) is 7.66. The maximum absolute atomic E-state index is 13.1. The zero-order valence-corrected chi connectivity index (χ0v) is 15.5. The monoisotopic (exact) mass is 369 g/mol. The van der Waals surface area contributed by atoms with Gasteiger partial charge in [0.15, 0.2) is 5.82 Å². The Morgan fingerprint density at radius 2 is 2.07 bits per heavy atom. The minimum Gasteiger partial charge on any atom is -0.292 e. The summed E-state index contributed by atoms with van der Waals surface area (Å²) < 4.78 is 0. The molecule has 3 atom stereocenters. The van der Waals surface area contributed by atoms with E-state index in [0.717, 1.165) is 24.1 Å². The number of hydrogen-bond acceptors (Lipinski definition) is 4. The largest absolute Gasteiger partial charge is 0.292 e. The molecule has 3 unspecified atom stereocenters. The van der Waals surface area contributed by atoms with Crippen LogP contribution in [0.4, 0.5) is 5.82 Å². The number of aromatic nitrogens is 3. The number of hydrogen-bond donors (Lipinski definition) is 1. The Kier molecular flexibility index (Phi) is 3.76. The minimum atomic E-state index is 0.0319. The van der Waals surface area contributed by atoms with Gasteiger partial charge in [0, 0.05) is 29.8 Å². The van der Waals surface area contributed by atoms with E-state index in [-0.39, 0.29) is 17.9 Å². The van der Waals surface area contributed by atoms with Gasteiger partial charge in [-0.05, 0) is 43.4 Å². The zero-order chi connectivity index (χ0) is 19.3. The fourth-order valence-electron chi connectivity index (χ4n) is 4.16. The molecule has 2 aromatic heterocycles. The van der Waals surface area contributed by atoms with Crippen molar-refractivity contribution in [3.8, 4) is 17.3 Å². The molecule has 3 aromatic rings. The van der Waals surface area contributed by atoms with Gasteiger partial charge in [-0.2, -0.15) is 10.4 Å². The highest BCUT2D eigenvalue weighted by Gasteiger charge is 2.59. The molecule has 1 aliphatic heterocycles. The molecule has 1 aromatic carbocycles. The van der Waals surface area contributed by atoms with Crippen LogP contribution in [0.3, 0.4) is 0 Å². The third-order valence-electron chi connectivity index (χ3n) is 5.78. The van der Waals surface area contributed by atoms with Crippen molar-refractivity contribution in [2.75, 3.05) is 4.90 Å². The van der Waals surface area contributed by atoms with Gasteiger partial charge in [-0.1, -0.05) is 29.8 Å². The highest BCUT2D eigenvalue weighted by atomic mass is 16.2. The Hall–Kier alpha value is -3.46. The fourth-order valence-corrected chi connectivity index (χ4v) is 4.16. The van der Waals surface area contributed by atoms with Crippen molar-refractivity contribution in [3.63, 3.8) is 0 Å². The summed E-state index contributed by atoms with van der Waals surface area (Å²) in [5.41, 5.74) is 4.45. The van der Waals surface area contributed by atoms with Crippen molar-refractivity contribution >= 4 is 11.7 Å². The molecule has 28 heavy (non-hydrogen) atoms. The molecule has 2 fully saturated rings. The van der Waals surface area contributed by atoms with E-state index in [1.165, 1.54) is 11.1 Å². The summed E-state index contributed by atoms with van der Waals surface area (Å²) in [7, 11) is 0. The first-order valence-electron chi connectivity index (χ1n) is 9.44. The third-order valence-corrected chi connectivity index (χ3v) is 5.78. The van der Waals surface area contributed by atoms with Crippen molar-refractivity contribution in [3.05, 3.63) is 65.5 Å². The van der Waals surface area contributed by atoms with Crippen LogP contribution >= 0.6 is 0 Å². The van der Waals surface area contributed by atoms with E-state index >= 15 is 0 Å². The van der Waals surface area contributed by atoms with Gasteiger partial charge in [-0.3, -0.25) is 14.8 Å². The quantitative estimate of drug-likeness (QED) is 0.765. The third kappa shape index (κ3) is 2.76. The lowest BCUT2D eigenvalue weighted by atomic mass is 9.95. The number of nitriles is 1. The lowest BCUT2D eigenvalue weighted by Crippen LogP contribution is -2.32. The van der Waals surface area contributed by atoms with Crippen LogP contribution in [0.15, 0.2) is 48.7 Å². The van der Waals surface area contributed by atoms with Gasteiger partial charge >= 0.3 is 0 Å². The average molecular weight is 369 g/mol. The van der Waals surface area contributed by atoms with Crippen molar-refractivity contribution in [2.45, 2.75) is 25.8 Å². The first kappa shape index (κ1) is 16.7. The van der Waals surface area contributed by atoms with E-state index in [1.807, 2.05) is 23.1 Å². The Bertz CT molecular complexity index is 1080. The van der Waals surface area contributed by atoms with Gasteiger partial charge in [-0.15, -0.1) is 0 Å². The lowest BCUT2D eigenvalue weighted by molar-refractivity contribution is -0.121. The van der Waals surface area contributed by atoms with Gasteiger partial charge in [0.05, 0.1) is 5.69 Å². The zero-order valence-electron chi connectivity index (χ0n) is 15.5. The molecule has 6 heteroatoms. The molecule has 3 heterocycles. The second-order valence-electron chi connectivity index (χ2n) is 7.66. The van der Waals surface area contributed by atoms with E-state index < -0.39 is 0 Å². The van der Waals surface area contributed by atoms with Gasteiger partial charge in [-0.25, -0.2) is 4.98 Å². The van der Waals surface area contributed by atoms with E-state index in [1.54, 1.807) is 12.3 Å². The average Bonchev–Trinajstić information content (AvgIpc) is 3.23. The molecule has 2 aliphatic rings. The Labute approximate surface area is 162 Å². The number of carbonyl (C=O) groups is 1. The molecule has 0 spiro atoms. The van der Waals surface area contributed by atoms with E-state index in [2.05, 4.69) is 46.4 Å². The topological polar surface area (TPSA) is 85.7 Å². The molecule has 5 rings (SSSR count). The molecule has 1 aliphatic carbocycles. The normalized spacial score (nSPS) is 22.8. The predicted octanol–water partition coefficient (Wildman–Crippen LogP) is 3.25. The number of pyridine rings is 1. The molecule has 6 nitrogen and oxygen atoms in total. The maximum Gasteiger partial charge on any atom is 0.232 e. The number of rotatable bonds is 4. The SMILES string of the molecule is Cc1ccc(CC2C(=O)N(c3cc(-c4ccc(C#N)nc4)[nH]n3)C3CC23)cc1. The summed E-state index contributed by atoms with van der Waals surface area (Å²) in [6.07, 6.45) is 3.47. The summed E-state index contributed by atoms with van der Waals surface area (Å²) in [5.74, 6) is 1.29. The van der Waals surface area contributed by atoms with Crippen LogP contribution in [0.1, 0.15) is 23.2 Å². The number of nitrogens with one attached hydrogen (secondary N) is 1. The van der Waals surface area contributed by atoms with Crippen molar-refractivity contribution < 1.29 is 4.79 Å². The van der Waals surface area contributed by atoms with Crippen molar-refractivity contribution in [2.24, 2.45) is 11.8 Å². The van der Waals surface area contributed by atoms with Gasteiger partial charge in [0.1, 0.15) is 11.8 Å². The highest BCUT2D eigenvalue weighted by molar-refractivity contribution is 5.99. The molecule has 1 saturated heterocycles. The van der Waals surface area contributed by atoms with Crippen LogP contribution < -0.4 is 4.90 Å². The van der Waals surface area contributed by atoms with Crippen LogP contribution in [0.5, 0.6) is 0 Å². The summed E-state index contributed by atoms with van der Waals surface area (Å²) in [5, 5.41) is 16.3. The summed E-state index contributed by atoms with van der Waals surface area (Å²) in [6.45, 7) is 2.07. The summed E-state index contributed by atoms with van der Waals surface area (Å²) in [6, 6.07) is 16.1. The molecular weight excluding hydrogens is 350 g/mol. The molecular formula is C22H19N5O. The fraction of sp³-hybridized carbons (Fsp3) is 0.273. The maximum atomic E-state index is 13.1. The second kappa shape index (κ2) is 6.31. The van der Waals surface area contributed by atoms with Gasteiger partial charge in [0.2, 0.25) is 5.91 Å². The number of nitrogens with zero attached hydrogens (tertiary/aromatic N) is 4. The number of carbonyl (C=O) groups excluding carboxylic acids is 1. The summed E-state index contributed by atoms with van der Waals surface area (Å²) >= 11 is 0. The van der Waals surface area contributed by atoms with Gasteiger partial charge < -0.3 is 0 Å². The molecule has 0 radical (unpaired) electrons. The first-order valence-corrected chi connectivity index (χ1v) is 9.44. The van der Waals surface area contributed by atoms with Crippen LogP contribution in [0.2, 0.25) is 0 Å². The Balaban J connectivity index is 1.36. The number of H-pyrrole nitrogens is 1. The van der Waals surface area contributed by atoms with Crippen LogP contribution in [0.25, 0.3) is 11.3 Å². The summed E-state index contributed by atoms with van der Waals surface area (Å²) in [4.78, 5) is 19.0.